The smallest absolute Gasteiger partial charge is 0.00644 e. The van der Waals surface area contributed by atoms with E-state index in [1.54, 1.807) is 0 Å². The van der Waals surface area contributed by atoms with Gasteiger partial charge in [-0.1, -0.05) is 20.3 Å². The van der Waals surface area contributed by atoms with E-state index >= 15 is 0 Å². The Hall–Kier alpha value is 0.310. The van der Waals surface area contributed by atoms with Crippen LogP contribution in [0.3, 0.4) is 0 Å². The van der Waals surface area contributed by atoms with Crippen molar-refractivity contribution >= 4 is 11.8 Å². The van der Waals surface area contributed by atoms with Gasteiger partial charge in [-0.25, -0.2) is 0 Å². The maximum Gasteiger partial charge on any atom is 0.00644 e. The summed E-state index contributed by atoms with van der Waals surface area (Å²) in [5, 5.41) is 3.70. The molecule has 0 amide bonds. The van der Waals surface area contributed by atoms with Gasteiger partial charge in [0.25, 0.3) is 0 Å². The van der Waals surface area contributed by atoms with E-state index in [9.17, 15) is 0 Å². The molecule has 78 valence electrons. The fourth-order valence-electron chi connectivity index (χ4n) is 1.88. The lowest BCUT2D eigenvalue weighted by atomic mass is 10.1. The third kappa shape index (κ3) is 4.37. The number of hydrogen-bond acceptors (Lipinski definition) is 2. The lowest BCUT2D eigenvalue weighted by Crippen LogP contribution is -2.32. The first-order valence-electron chi connectivity index (χ1n) is 5.68. The molecule has 0 bridgehead atoms. The molecule has 0 aromatic carbocycles. The quantitative estimate of drug-likeness (QED) is 0.709. The molecular formula is C11H23NS. The lowest BCUT2D eigenvalue weighted by Gasteiger charge is -2.18. The minimum atomic E-state index is 0.774. The molecule has 2 heteroatoms. The van der Waals surface area contributed by atoms with Gasteiger partial charge in [0.1, 0.15) is 0 Å². The molecule has 1 aliphatic rings. The maximum absolute atomic E-state index is 3.70. The van der Waals surface area contributed by atoms with Crippen LogP contribution in [0.15, 0.2) is 0 Å². The summed E-state index contributed by atoms with van der Waals surface area (Å²) in [5.41, 5.74) is 0. The van der Waals surface area contributed by atoms with Crippen LogP contribution in [-0.2, 0) is 0 Å². The molecule has 0 radical (unpaired) electrons. The molecule has 13 heavy (non-hydrogen) atoms. The van der Waals surface area contributed by atoms with Gasteiger partial charge >= 0.3 is 0 Å². The van der Waals surface area contributed by atoms with Gasteiger partial charge in [-0.05, 0) is 43.2 Å². The van der Waals surface area contributed by atoms with Crippen molar-refractivity contribution in [1.82, 2.24) is 5.32 Å². The molecule has 2 unspecified atom stereocenters. The van der Waals surface area contributed by atoms with Crippen LogP contribution < -0.4 is 5.32 Å². The van der Waals surface area contributed by atoms with Gasteiger partial charge < -0.3 is 5.32 Å². The van der Waals surface area contributed by atoms with Crippen LogP contribution in [0.4, 0.5) is 0 Å². The first kappa shape index (κ1) is 11.4. The summed E-state index contributed by atoms with van der Waals surface area (Å²) in [6, 6.07) is 0.774. The molecule has 0 spiro atoms. The summed E-state index contributed by atoms with van der Waals surface area (Å²) in [7, 11) is 0. The average molecular weight is 201 g/mol. The second-order valence-electron chi connectivity index (χ2n) is 4.03. The Bertz CT molecular complexity index is 121. The average Bonchev–Trinajstić information content (AvgIpc) is 2.64. The molecule has 0 aromatic rings. The third-order valence-electron chi connectivity index (χ3n) is 2.85. The molecule has 1 N–H and O–H groups in total. The van der Waals surface area contributed by atoms with Gasteiger partial charge in [-0.15, -0.1) is 0 Å². The van der Waals surface area contributed by atoms with Gasteiger partial charge in [-0.3, -0.25) is 0 Å². The molecule has 0 aliphatic carbocycles. The van der Waals surface area contributed by atoms with Crippen LogP contribution >= 0.6 is 11.8 Å². The van der Waals surface area contributed by atoms with Crippen LogP contribution in [-0.4, -0.2) is 24.1 Å². The SMILES string of the molecule is CCCC(CC)NCC1CCSC1. The zero-order valence-corrected chi connectivity index (χ0v) is 9.83. The van der Waals surface area contributed by atoms with E-state index in [-0.39, 0.29) is 0 Å². The highest BCUT2D eigenvalue weighted by Crippen LogP contribution is 2.22. The van der Waals surface area contributed by atoms with E-state index in [2.05, 4.69) is 30.9 Å². The van der Waals surface area contributed by atoms with E-state index in [4.69, 9.17) is 0 Å². The third-order valence-corrected chi connectivity index (χ3v) is 4.08. The normalized spacial score (nSPS) is 24.9. The monoisotopic (exact) mass is 201 g/mol. The maximum atomic E-state index is 3.70. The van der Waals surface area contributed by atoms with Crippen molar-refractivity contribution < 1.29 is 0 Å². The van der Waals surface area contributed by atoms with E-state index < -0.39 is 0 Å². The molecule has 0 saturated carbocycles. The topological polar surface area (TPSA) is 12.0 Å². The van der Waals surface area contributed by atoms with Crippen molar-refractivity contribution in [2.24, 2.45) is 5.92 Å². The summed E-state index contributed by atoms with van der Waals surface area (Å²) in [5.74, 6) is 3.72. The summed E-state index contributed by atoms with van der Waals surface area (Å²) in [4.78, 5) is 0. The van der Waals surface area contributed by atoms with Crippen LogP contribution in [0.5, 0.6) is 0 Å². The summed E-state index contributed by atoms with van der Waals surface area (Å²) in [6.07, 6.45) is 5.37. The zero-order valence-electron chi connectivity index (χ0n) is 9.01. The zero-order chi connectivity index (χ0) is 9.52. The molecule has 1 saturated heterocycles. The van der Waals surface area contributed by atoms with E-state index in [1.807, 2.05) is 0 Å². The molecule has 1 fully saturated rings. The minimum Gasteiger partial charge on any atom is -0.314 e. The fourth-order valence-corrected chi connectivity index (χ4v) is 3.16. The highest BCUT2D eigenvalue weighted by Gasteiger charge is 2.16. The summed E-state index contributed by atoms with van der Waals surface area (Å²) in [6.45, 7) is 5.82. The minimum absolute atomic E-state index is 0.774. The van der Waals surface area contributed by atoms with Crippen molar-refractivity contribution in [3.05, 3.63) is 0 Å². The second-order valence-corrected chi connectivity index (χ2v) is 5.18. The van der Waals surface area contributed by atoms with Crippen LogP contribution in [0, 0.1) is 5.92 Å². The molecule has 2 atom stereocenters. The van der Waals surface area contributed by atoms with E-state index in [1.165, 1.54) is 43.7 Å². The number of hydrogen-bond donors (Lipinski definition) is 1. The predicted molar refractivity (Wildman–Crippen MR) is 62.4 cm³/mol. The molecule has 0 aromatic heterocycles. The highest BCUT2D eigenvalue weighted by atomic mass is 32.2. The Balaban J connectivity index is 2.07. The Morgan fingerprint density at radius 3 is 2.85 bits per heavy atom. The Morgan fingerprint density at radius 2 is 2.31 bits per heavy atom. The van der Waals surface area contributed by atoms with Crippen LogP contribution in [0.25, 0.3) is 0 Å². The van der Waals surface area contributed by atoms with E-state index in [0.717, 1.165) is 12.0 Å². The van der Waals surface area contributed by atoms with Crippen molar-refractivity contribution in [3.63, 3.8) is 0 Å². The molecule has 1 nitrogen and oxygen atoms in total. The standard InChI is InChI=1S/C11H23NS/c1-3-5-11(4-2)12-8-10-6-7-13-9-10/h10-12H,3-9H2,1-2H3. The Morgan fingerprint density at radius 1 is 1.46 bits per heavy atom. The summed E-state index contributed by atoms with van der Waals surface area (Å²) < 4.78 is 0. The lowest BCUT2D eigenvalue weighted by molar-refractivity contribution is 0.419. The van der Waals surface area contributed by atoms with Gasteiger partial charge in [-0.2, -0.15) is 11.8 Å². The first-order chi connectivity index (χ1) is 6.36. The number of thioether (sulfide) groups is 1. The van der Waals surface area contributed by atoms with Crippen molar-refractivity contribution in [2.45, 2.75) is 45.6 Å². The number of rotatable bonds is 6. The van der Waals surface area contributed by atoms with Gasteiger partial charge in [0.05, 0.1) is 0 Å². The predicted octanol–water partition coefficient (Wildman–Crippen LogP) is 2.91. The van der Waals surface area contributed by atoms with Gasteiger partial charge in [0.2, 0.25) is 0 Å². The Kier molecular flexibility index (Phi) is 5.88. The van der Waals surface area contributed by atoms with Crippen LogP contribution in [0.1, 0.15) is 39.5 Å². The van der Waals surface area contributed by atoms with E-state index in [0.29, 0.717) is 0 Å². The second kappa shape index (κ2) is 6.72. The fraction of sp³-hybridized carbons (Fsp3) is 1.00. The summed E-state index contributed by atoms with van der Waals surface area (Å²) >= 11 is 2.11. The molecule has 1 heterocycles. The Labute approximate surface area is 87.1 Å². The van der Waals surface area contributed by atoms with Gasteiger partial charge in [0, 0.05) is 6.04 Å². The van der Waals surface area contributed by atoms with Crippen molar-refractivity contribution in [1.29, 1.82) is 0 Å². The van der Waals surface area contributed by atoms with Crippen molar-refractivity contribution in [3.8, 4) is 0 Å². The first-order valence-corrected chi connectivity index (χ1v) is 6.83. The van der Waals surface area contributed by atoms with Crippen LogP contribution in [0.2, 0.25) is 0 Å². The molecule has 1 aliphatic heterocycles. The molecular weight excluding hydrogens is 178 g/mol. The molecule has 1 rings (SSSR count). The van der Waals surface area contributed by atoms with Gasteiger partial charge in [0.15, 0.2) is 0 Å². The highest BCUT2D eigenvalue weighted by molar-refractivity contribution is 7.99. The number of nitrogens with one attached hydrogen (secondary N) is 1. The van der Waals surface area contributed by atoms with Crippen molar-refractivity contribution in [2.75, 3.05) is 18.1 Å². The largest absolute Gasteiger partial charge is 0.314 e.